The van der Waals surface area contributed by atoms with Gasteiger partial charge in [0.2, 0.25) is 0 Å². The van der Waals surface area contributed by atoms with Crippen LogP contribution in [-0.4, -0.2) is 47.9 Å². The third-order valence-corrected chi connectivity index (χ3v) is 4.69. The van der Waals surface area contributed by atoms with E-state index < -0.39 is 5.97 Å². The maximum absolute atomic E-state index is 14.4. The molecule has 28 heavy (non-hydrogen) atoms. The molecule has 1 N–H and O–H groups in total. The largest absolute Gasteiger partial charge is 0.478 e. The van der Waals surface area contributed by atoms with E-state index in [1.807, 2.05) is 36.1 Å². The Labute approximate surface area is 163 Å². The summed E-state index contributed by atoms with van der Waals surface area (Å²) in [4.78, 5) is 18.6. The molecule has 0 saturated carbocycles. The van der Waals surface area contributed by atoms with Gasteiger partial charge in [0, 0.05) is 36.3 Å². The maximum Gasteiger partial charge on any atom is 0.332 e. The molecule has 1 aliphatic heterocycles. The Balaban J connectivity index is 1.72. The Kier molecular flexibility index (Phi) is 6.55. The van der Waals surface area contributed by atoms with Gasteiger partial charge in [-0.05, 0) is 31.0 Å². The van der Waals surface area contributed by atoms with E-state index in [0.29, 0.717) is 36.4 Å². The number of hydrogen-bond donors (Lipinski definition) is 1. The van der Waals surface area contributed by atoms with Gasteiger partial charge in [0.25, 0.3) is 0 Å². The number of carbonyl (C=O) groups is 1. The quantitative estimate of drug-likeness (QED) is 0.451. The normalized spacial score (nSPS) is 15.2. The minimum Gasteiger partial charge on any atom is -0.478 e. The van der Waals surface area contributed by atoms with Gasteiger partial charge in [0.1, 0.15) is 18.1 Å². The molecular formula is C22H23FN2O3. The van der Waals surface area contributed by atoms with Crippen LogP contribution in [-0.2, 0) is 9.63 Å². The summed E-state index contributed by atoms with van der Waals surface area (Å²) in [7, 11) is 0. The highest BCUT2D eigenvalue weighted by Gasteiger charge is 2.18. The molecule has 0 radical (unpaired) electrons. The van der Waals surface area contributed by atoms with E-state index >= 15 is 0 Å². The molecule has 3 rings (SSSR count). The minimum absolute atomic E-state index is 0.288. The van der Waals surface area contributed by atoms with E-state index in [1.165, 1.54) is 6.07 Å². The van der Waals surface area contributed by atoms with Gasteiger partial charge in [0.15, 0.2) is 0 Å². The van der Waals surface area contributed by atoms with Crippen molar-refractivity contribution in [2.45, 2.75) is 13.3 Å². The average Bonchev–Trinajstić information content (AvgIpc) is 2.70. The first kappa shape index (κ1) is 19.8. The molecule has 146 valence electrons. The molecule has 2 aromatic carbocycles. The van der Waals surface area contributed by atoms with Crippen LogP contribution >= 0.6 is 0 Å². The number of halogens is 1. The summed E-state index contributed by atoms with van der Waals surface area (Å²) in [6.07, 6.45) is 2.46. The fourth-order valence-electron chi connectivity index (χ4n) is 3.17. The van der Waals surface area contributed by atoms with Crippen LogP contribution in [0.25, 0.3) is 0 Å². The molecule has 0 atom stereocenters. The van der Waals surface area contributed by atoms with Gasteiger partial charge in [0.05, 0.1) is 0 Å². The van der Waals surface area contributed by atoms with Crippen LogP contribution in [0.15, 0.2) is 65.3 Å². The van der Waals surface area contributed by atoms with E-state index in [9.17, 15) is 9.18 Å². The molecule has 1 aliphatic rings. The second-order valence-corrected chi connectivity index (χ2v) is 6.67. The summed E-state index contributed by atoms with van der Waals surface area (Å²) in [5, 5.41) is 13.4. The number of rotatable bonds is 7. The summed E-state index contributed by atoms with van der Waals surface area (Å²) in [5.74, 6) is -1.24. The number of nitrogens with zero attached hydrogens (tertiary/aromatic N) is 2. The summed E-state index contributed by atoms with van der Waals surface area (Å²) < 4.78 is 14.4. The van der Waals surface area contributed by atoms with Crippen LogP contribution in [0.4, 0.5) is 4.39 Å². The van der Waals surface area contributed by atoms with Crippen molar-refractivity contribution in [2.75, 3.05) is 26.2 Å². The molecule has 2 aromatic rings. The molecule has 0 aliphatic carbocycles. The van der Waals surface area contributed by atoms with E-state index in [4.69, 9.17) is 9.94 Å². The van der Waals surface area contributed by atoms with Crippen molar-refractivity contribution in [1.29, 1.82) is 0 Å². The van der Waals surface area contributed by atoms with Crippen LogP contribution in [0.5, 0.6) is 0 Å². The van der Waals surface area contributed by atoms with Gasteiger partial charge < -0.3 is 9.94 Å². The minimum atomic E-state index is -0.884. The monoisotopic (exact) mass is 382 g/mol. The topological polar surface area (TPSA) is 62.1 Å². The van der Waals surface area contributed by atoms with E-state index in [2.05, 4.69) is 5.16 Å². The Morgan fingerprint density at radius 2 is 1.89 bits per heavy atom. The van der Waals surface area contributed by atoms with Crippen molar-refractivity contribution in [2.24, 2.45) is 5.16 Å². The molecular weight excluding hydrogens is 359 g/mol. The number of carboxylic acid groups (broad SMARTS) is 1. The fourth-order valence-corrected chi connectivity index (χ4v) is 3.17. The standard InChI is InChI=1S/C22H23FN2O3/c1-16-7-2-3-9-18(16)21(19-10-4-5-11-20(19)23)24-28-14-13-25-12-6-8-17(15-25)22(26)27/h2-5,7-11H,6,12-15H2,1H3,(H,26,27). The average molecular weight is 382 g/mol. The van der Waals surface area contributed by atoms with Crippen LogP contribution < -0.4 is 0 Å². The molecule has 5 nitrogen and oxygen atoms in total. The number of aliphatic carboxylic acids is 1. The van der Waals surface area contributed by atoms with Crippen molar-refractivity contribution < 1.29 is 19.1 Å². The second-order valence-electron chi connectivity index (χ2n) is 6.67. The SMILES string of the molecule is Cc1ccccc1C(=NOCCN1CCC=C(C(=O)O)C1)c1ccccc1F. The maximum atomic E-state index is 14.4. The predicted octanol–water partition coefficient (Wildman–Crippen LogP) is 3.62. The highest BCUT2D eigenvalue weighted by Crippen LogP contribution is 2.18. The number of hydrogen-bond acceptors (Lipinski definition) is 4. The summed E-state index contributed by atoms with van der Waals surface area (Å²) in [6.45, 7) is 3.95. The van der Waals surface area contributed by atoms with Crippen molar-refractivity contribution in [1.82, 2.24) is 4.90 Å². The van der Waals surface area contributed by atoms with Crippen molar-refractivity contribution in [3.63, 3.8) is 0 Å². The fraction of sp³-hybridized carbons (Fsp3) is 0.273. The van der Waals surface area contributed by atoms with Gasteiger partial charge in [-0.2, -0.15) is 0 Å². The zero-order valence-corrected chi connectivity index (χ0v) is 15.8. The van der Waals surface area contributed by atoms with Crippen LogP contribution in [0.2, 0.25) is 0 Å². The number of carboxylic acids is 1. The van der Waals surface area contributed by atoms with E-state index in [0.717, 1.165) is 17.7 Å². The Morgan fingerprint density at radius 1 is 1.18 bits per heavy atom. The van der Waals surface area contributed by atoms with Crippen LogP contribution in [0, 0.1) is 12.7 Å². The molecule has 0 bridgehead atoms. The lowest BCUT2D eigenvalue weighted by Gasteiger charge is -2.24. The first-order chi connectivity index (χ1) is 13.6. The van der Waals surface area contributed by atoms with E-state index in [-0.39, 0.29) is 12.4 Å². The van der Waals surface area contributed by atoms with E-state index in [1.54, 1.807) is 24.3 Å². The van der Waals surface area contributed by atoms with Crippen molar-refractivity contribution >= 4 is 11.7 Å². The zero-order valence-electron chi connectivity index (χ0n) is 15.8. The lowest BCUT2D eigenvalue weighted by atomic mass is 9.98. The van der Waals surface area contributed by atoms with Gasteiger partial charge in [-0.15, -0.1) is 0 Å². The van der Waals surface area contributed by atoms with Crippen molar-refractivity contribution in [3.8, 4) is 0 Å². The first-order valence-corrected chi connectivity index (χ1v) is 9.22. The lowest BCUT2D eigenvalue weighted by molar-refractivity contribution is -0.133. The smallest absolute Gasteiger partial charge is 0.332 e. The molecule has 6 heteroatoms. The number of oxime groups is 1. The lowest BCUT2D eigenvalue weighted by Crippen LogP contribution is -2.34. The predicted molar refractivity (Wildman–Crippen MR) is 106 cm³/mol. The second kappa shape index (κ2) is 9.28. The van der Waals surface area contributed by atoms with Gasteiger partial charge in [-0.3, -0.25) is 4.90 Å². The Morgan fingerprint density at radius 3 is 2.61 bits per heavy atom. The van der Waals surface area contributed by atoms with Gasteiger partial charge >= 0.3 is 5.97 Å². The van der Waals surface area contributed by atoms with Crippen LogP contribution in [0.1, 0.15) is 23.1 Å². The molecule has 0 amide bonds. The molecule has 0 fully saturated rings. The summed E-state index contributed by atoms with van der Waals surface area (Å²) in [6, 6.07) is 14.1. The van der Waals surface area contributed by atoms with Gasteiger partial charge in [-0.1, -0.05) is 47.6 Å². The van der Waals surface area contributed by atoms with Crippen LogP contribution in [0.3, 0.4) is 0 Å². The zero-order chi connectivity index (χ0) is 19.9. The Bertz CT molecular complexity index is 861. The third-order valence-electron chi connectivity index (χ3n) is 4.69. The molecule has 0 spiro atoms. The first-order valence-electron chi connectivity index (χ1n) is 9.22. The van der Waals surface area contributed by atoms with Crippen molar-refractivity contribution in [3.05, 3.63) is 82.7 Å². The third kappa shape index (κ3) is 4.84. The molecule has 1 heterocycles. The number of aryl methyl sites for hydroxylation is 1. The highest BCUT2D eigenvalue weighted by atomic mass is 19.1. The molecule has 0 aromatic heterocycles. The van der Waals surface area contributed by atoms with Gasteiger partial charge in [-0.25, -0.2) is 9.18 Å². The summed E-state index contributed by atoms with van der Waals surface area (Å²) >= 11 is 0. The molecule has 0 saturated heterocycles. The molecule has 0 unspecified atom stereocenters. The Hall–Kier alpha value is -2.99. The number of benzene rings is 2. The summed E-state index contributed by atoms with van der Waals surface area (Å²) in [5.41, 5.74) is 3.01. The highest BCUT2D eigenvalue weighted by molar-refractivity contribution is 6.13.